The van der Waals surface area contributed by atoms with Crippen molar-refractivity contribution in [3.8, 4) is 0 Å². The molecule has 0 heterocycles. The number of hydrogen-bond donors (Lipinski definition) is 1. The minimum atomic E-state index is -2.70. The Labute approximate surface area is 90.8 Å². The predicted octanol–water partition coefficient (Wildman–Crippen LogP) is 1.03. The molecule has 1 aromatic carbocycles. The maximum Gasteiger partial charge on any atom is 0.537 e. The van der Waals surface area contributed by atoms with Crippen molar-refractivity contribution in [2.24, 2.45) is 0 Å². The highest BCUT2D eigenvalue weighted by molar-refractivity contribution is 7.80. The number of thiol groups is 1. The van der Waals surface area contributed by atoms with Crippen molar-refractivity contribution in [2.45, 2.75) is 0 Å². The number of rotatable bonds is 5. The van der Waals surface area contributed by atoms with Crippen LogP contribution in [0.1, 0.15) is 0 Å². The molecule has 3 nitrogen and oxygen atoms in total. The van der Waals surface area contributed by atoms with Crippen LogP contribution in [-0.4, -0.2) is 29.0 Å². The summed E-state index contributed by atoms with van der Waals surface area (Å²) in [6, 6.07) is 9.66. The molecule has 1 aromatic rings. The minimum absolute atomic E-state index is 0.281. The van der Waals surface area contributed by atoms with Gasteiger partial charge >= 0.3 is 8.80 Å². The fraction of sp³-hybridized carbons (Fsp3) is 0.333. The van der Waals surface area contributed by atoms with Gasteiger partial charge in [0.2, 0.25) is 0 Å². The van der Waals surface area contributed by atoms with Gasteiger partial charge in [-0.15, -0.1) is 0 Å². The van der Waals surface area contributed by atoms with Crippen LogP contribution in [0.2, 0.25) is 0 Å². The van der Waals surface area contributed by atoms with E-state index in [4.69, 9.17) is 13.3 Å². The van der Waals surface area contributed by atoms with Crippen LogP contribution in [0.5, 0.6) is 0 Å². The molecular formula is C9H14O3SSi. The van der Waals surface area contributed by atoms with E-state index in [1.807, 2.05) is 30.3 Å². The molecule has 0 aliphatic rings. The van der Waals surface area contributed by atoms with E-state index in [0.717, 1.165) is 5.19 Å². The first-order valence-corrected chi connectivity index (χ1v) is 6.55. The molecule has 0 bridgehead atoms. The second-order valence-electron chi connectivity index (χ2n) is 2.60. The summed E-state index contributed by atoms with van der Waals surface area (Å²) in [5.74, 6) is 0.281. The zero-order valence-electron chi connectivity index (χ0n) is 8.27. The average molecular weight is 230 g/mol. The zero-order chi connectivity index (χ0) is 10.4. The lowest BCUT2D eigenvalue weighted by Crippen LogP contribution is -2.55. The largest absolute Gasteiger partial charge is 0.537 e. The van der Waals surface area contributed by atoms with E-state index < -0.39 is 8.80 Å². The molecule has 0 unspecified atom stereocenters. The van der Waals surface area contributed by atoms with Crippen LogP contribution in [-0.2, 0) is 13.3 Å². The van der Waals surface area contributed by atoms with E-state index in [-0.39, 0.29) is 5.94 Å². The lowest BCUT2D eigenvalue weighted by atomic mass is 10.4. The van der Waals surface area contributed by atoms with Crippen molar-refractivity contribution in [1.29, 1.82) is 0 Å². The summed E-state index contributed by atoms with van der Waals surface area (Å²) in [4.78, 5) is 0. The molecule has 14 heavy (non-hydrogen) atoms. The molecule has 0 saturated carbocycles. The summed E-state index contributed by atoms with van der Waals surface area (Å²) >= 11 is 4.02. The van der Waals surface area contributed by atoms with E-state index in [9.17, 15) is 0 Å². The van der Waals surface area contributed by atoms with E-state index in [2.05, 4.69) is 12.6 Å². The Balaban J connectivity index is 2.98. The van der Waals surface area contributed by atoms with Gasteiger partial charge < -0.3 is 13.3 Å². The summed E-state index contributed by atoms with van der Waals surface area (Å²) in [5.41, 5.74) is 0. The van der Waals surface area contributed by atoms with Gasteiger partial charge in [0.05, 0.1) is 5.94 Å². The number of hydrogen-bond acceptors (Lipinski definition) is 4. The molecule has 0 amide bonds. The third-order valence-corrected chi connectivity index (χ3v) is 4.93. The maximum absolute atomic E-state index is 5.47. The first-order valence-electron chi connectivity index (χ1n) is 4.19. The van der Waals surface area contributed by atoms with Crippen LogP contribution in [0.3, 0.4) is 0 Å². The molecule has 0 aliphatic carbocycles. The first kappa shape index (κ1) is 11.7. The number of benzene rings is 1. The van der Waals surface area contributed by atoms with Crippen LogP contribution < -0.4 is 5.19 Å². The molecule has 1 rings (SSSR count). The van der Waals surface area contributed by atoms with E-state index in [1.165, 1.54) is 0 Å². The Morgan fingerprint density at radius 3 is 2.14 bits per heavy atom. The van der Waals surface area contributed by atoms with Crippen molar-refractivity contribution in [2.75, 3.05) is 20.2 Å². The third-order valence-electron chi connectivity index (χ3n) is 1.92. The molecule has 78 valence electrons. The lowest BCUT2D eigenvalue weighted by molar-refractivity contribution is 0.135. The van der Waals surface area contributed by atoms with Crippen molar-refractivity contribution >= 4 is 26.6 Å². The van der Waals surface area contributed by atoms with Gasteiger partial charge in [-0.05, 0) is 0 Å². The Kier molecular flexibility index (Phi) is 4.63. The van der Waals surface area contributed by atoms with E-state index in [1.54, 1.807) is 14.2 Å². The minimum Gasteiger partial charge on any atom is -0.373 e. The first-order chi connectivity index (χ1) is 6.79. The van der Waals surface area contributed by atoms with Gasteiger partial charge in [-0.3, -0.25) is 0 Å². The highest BCUT2D eigenvalue weighted by atomic mass is 32.1. The van der Waals surface area contributed by atoms with Gasteiger partial charge in [-0.2, -0.15) is 12.6 Å². The molecule has 0 aromatic heterocycles. The van der Waals surface area contributed by atoms with Crippen LogP contribution in [0, 0.1) is 0 Å². The Hall–Kier alpha value is -0.333. The third kappa shape index (κ3) is 2.37. The van der Waals surface area contributed by atoms with Crippen molar-refractivity contribution in [1.82, 2.24) is 0 Å². The second kappa shape index (κ2) is 5.52. The standard InChI is InChI=1S/C9H14O3SSi/c1-10-14(11-2,12-8-13)9-6-4-3-5-7-9/h3-7,13H,8H2,1-2H3. The molecule has 0 radical (unpaired) electrons. The summed E-state index contributed by atoms with van der Waals surface area (Å²) in [6.45, 7) is 0. The van der Waals surface area contributed by atoms with Crippen LogP contribution in [0.25, 0.3) is 0 Å². The maximum atomic E-state index is 5.47. The summed E-state index contributed by atoms with van der Waals surface area (Å²) in [6.07, 6.45) is 0. The fourth-order valence-corrected chi connectivity index (χ4v) is 3.57. The Bertz CT molecular complexity index is 264. The smallest absolute Gasteiger partial charge is 0.373 e. The molecule has 0 atom stereocenters. The Morgan fingerprint density at radius 2 is 1.71 bits per heavy atom. The van der Waals surface area contributed by atoms with E-state index in [0.29, 0.717) is 0 Å². The van der Waals surface area contributed by atoms with Crippen molar-refractivity contribution in [3.63, 3.8) is 0 Å². The van der Waals surface area contributed by atoms with Crippen LogP contribution in [0.4, 0.5) is 0 Å². The van der Waals surface area contributed by atoms with Gasteiger partial charge in [0.1, 0.15) is 0 Å². The molecule has 0 saturated heterocycles. The van der Waals surface area contributed by atoms with Gasteiger partial charge in [-0.1, -0.05) is 30.3 Å². The SMILES string of the molecule is CO[Si](OC)(OCS)c1ccccc1. The summed E-state index contributed by atoms with van der Waals surface area (Å²) < 4.78 is 16.2. The molecule has 0 fully saturated rings. The highest BCUT2D eigenvalue weighted by Gasteiger charge is 2.41. The molecule has 5 heteroatoms. The zero-order valence-corrected chi connectivity index (χ0v) is 10.2. The monoisotopic (exact) mass is 230 g/mol. The fourth-order valence-electron chi connectivity index (χ4n) is 1.25. The molecular weight excluding hydrogens is 216 g/mol. The molecule has 0 aliphatic heterocycles. The van der Waals surface area contributed by atoms with Gasteiger partial charge in [-0.25, -0.2) is 0 Å². The Morgan fingerprint density at radius 1 is 1.14 bits per heavy atom. The van der Waals surface area contributed by atoms with Crippen LogP contribution in [0.15, 0.2) is 30.3 Å². The van der Waals surface area contributed by atoms with Gasteiger partial charge in [0.25, 0.3) is 0 Å². The average Bonchev–Trinajstić information content (AvgIpc) is 2.27. The van der Waals surface area contributed by atoms with Crippen molar-refractivity contribution in [3.05, 3.63) is 30.3 Å². The lowest BCUT2D eigenvalue weighted by Gasteiger charge is -2.25. The predicted molar refractivity (Wildman–Crippen MR) is 60.8 cm³/mol. The quantitative estimate of drug-likeness (QED) is 0.465. The van der Waals surface area contributed by atoms with Crippen molar-refractivity contribution < 1.29 is 13.3 Å². The summed E-state index contributed by atoms with van der Waals surface area (Å²) in [5, 5.41) is 0.944. The highest BCUT2D eigenvalue weighted by Crippen LogP contribution is 2.08. The second-order valence-corrected chi connectivity index (χ2v) is 5.66. The van der Waals surface area contributed by atoms with Gasteiger partial charge in [0.15, 0.2) is 0 Å². The van der Waals surface area contributed by atoms with Crippen LogP contribution >= 0.6 is 12.6 Å². The summed E-state index contributed by atoms with van der Waals surface area (Å²) in [7, 11) is 0.483. The van der Waals surface area contributed by atoms with E-state index >= 15 is 0 Å². The normalized spacial score (nSPS) is 11.6. The molecule has 0 N–H and O–H groups in total. The topological polar surface area (TPSA) is 27.7 Å². The molecule has 0 spiro atoms. The van der Waals surface area contributed by atoms with Gasteiger partial charge in [0, 0.05) is 19.4 Å².